The molecule has 0 fully saturated rings. The molecule has 0 aliphatic rings. The van der Waals surface area contributed by atoms with Crippen LogP contribution in [0.5, 0.6) is 0 Å². The number of aryl methyl sites for hydroxylation is 6. The minimum absolute atomic E-state index is 0.826. The van der Waals surface area contributed by atoms with Gasteiger partial charge < -0.3 is 0 Å². The molecule has 8 aromatic carbocycles. The first-order valence-electron chi connectivity index (χ1n) is 19.4. The molecule has 282 valence electrons. The van der Waals surface area contributed by atoms with Gasteiger partial charge in [0.05, 0.1) is 0 Å². The van der Waals surface area contributed by atoms with E-state index in [1.54, 1.807) is 0 Å². The molecular weight excluding hydrogens is 815 g/mol. The molecule has 0 aromatic heterocycles. The quantitative estimate of drug-likeness (QED) is 0.115. The average Bonchev–Trinajstić information content (AvgIpc) is 3.82. The number of rotatable bonds is 6. The monoisotopic (exact) mass is 864 g/mol. The van der Waals surface area contributed by atoms with Crippen molar-refractivity contribution in [1.82, 2.24) is 0 Å². The molecule has 0 saturated heterocycles. The van der Waals surface area contributed by atoms with Crippen molar-refractivity contribution in [3.63, 3.8) is 0 Å². The Kier molecular flexibility index (Phi) is 16.3. The summed E-state index contributed by atoms with van der Waals surface area (Å²) in [5.41, 5.74) is 18.6. The number of halogens is 2. The normalized spacial score (nSPS) is 10.5. The Hall–Kier alpha value is -3.78. The van der Waals surface area contributed by atoms with Crippen molar-refractivity contribution in [3.05, 3.63) is 179 Å². The van der Waals surface area contributed by atoms with E-state index in [4.69, 9.17) is 17.0 Å². The molecule has 2 radical (unpaired) electrons. The van der Waals surface area contributed by atoms with E-state index in [9.17, 15) is 0 Å². The summed E-state index contributed by atoms with van der Waals surface area (Å²) in [6, 6.07) is 53.7. The third-order valence-electron chi connectivity index (χ3n) is 9.91. The zero-order valence-electron chi connectivity index (χ0n) is 34.0. The fourth-order valence-corrected chi connectivity index (χ4v) is 7.67. The van der Waals surface area contributed by atoms with Gasteiger partial charge in [-0.05, 0) is 73.9 Å². The molecule has 0 N–H and O–H groups in total. The van der Waals surface area contributed by atoms with Crippen molar-refractivity contribution < 1.29 is 20.8 Å². The molecule has 0 atom stereocenters. The summed E-state index contributed by atoms with van der Waals surface area (Å²) in [7, 11) is 11.0. The first kappa shape index (κ1) is 43.3. The molecule has 56 heavy (non-hydrogen) atoms. The molecule has 0 saturated carbocycles. The summed E-state index contributed by atoms with van der Waals surface area (Å²) in [6.07, 6.45) is 2.14. The molecule has 0 nitrogen and oxygen atoms in total. The fourth-order valence-electron chi connectivity index (χ4n) is 7.67. The molecule has 0 spiro atoms. The predicted octanol–water partition coefficient (Wildman–Crippen LogP) is 16.3. The van der Waals surface area contributed by atoms with Crippen LogP contribution in [0.25, 0.3) is 66.1 Å². The molecule has 0 aliphatic carbocycles. The SMILES string of the molecule is CCc1cc2c(-c3cc(C)cc(C)c3)c(-c3ccccc3)ccc2[cH-]1.CCc1cc2c(-c3cc(C)cc(C)c3)c(-c3ccccc3)ccc2[cH-]1.C[Si]C.[Cl][Zr+2][Cl]. The summed E-state index contributed by atoms with van der Waals surface area (Å²) in [6.45, 7) is 17.5. The van der Waals surface area contributed by atoms with Crippen molar-refractivity contribution >= 4 is 48.1 Å². The molecular formula is C52H52Cl2SiZr. The van der Waals surface area contributed by atoms with Gasteiger partial charge in [-0.3, -0.25) is 0 Å². The first-order chi connectivity index (χ1) is 27.1. The van der Waals surface area contributed by atoms with Crippen molar-refractivity contribution in [3.8, 4) is 44.5 Å². The Morgan fingerprint density at radius 2 is 0.786 bits per heavy atom. The average molecular weight is 867 g/mol. The zero-order chi connectivity index (χ0) is 40.2. The minimum atomic E-state index is -0.826. The van der Waals surface area contributed by atoms with Gasteiger partial charge in [-0.25, -0.2) is 0 Å². The van der Waals surface area contributed by atoms with E-state index in [0.29, 0.717) is 0 Å². The van der Waals surface area contributed by atoms with E-state index in [0.717, 1.165) is 22.4 Å². The summed E-state index contributed by atoms with van der Waals surface area (Å²) in [4.78, 5) is 0. The third kappa shape index (κ3) is 10.8. The number of hydrogen-bond donors (Lipinski definition) is 0. The Balaban J connectivity index is 0.000000188. The third-order valence-corrected chi connectivity index (χ3v) is 9.91. The summed E-state index contributed by atoms with van der Waals surface area (Å²) < 4.78 is 0. The Morgan fingerprint density at radius 1 is 0.464 bits per heavy atom. The standard InChI is InChI=1S/2C25H23.C2H6Si.2ClH.Zr/c2*1-4-19-15-21-10-11-23(20-8-6-5-7-9-20)25(24(21)16-19)22-13-17(2)12-18(3)14-22;1-3-2;;;/h2*5-16H,4H2,1-3H3;1-2H3;2*1H;/q2*-1;;;;+4/p-2. The maximum absolute atomic E-state index is 4.93. The van der Waals surface area contributed by atoms with E-state index < -0.39 is 20.8 Å². The summed E-state index contributed by atoms with van der Waals surface area (Å²) in [5, 5.41) is 5.41. The van der Waals surface area contributed by atoms with Gasteiger partial charge in [0.25, 0.3) is 0 Å². The fraction of sp³-hybridized carbons (Fsp3) is 0.192. The van der Waals surface area contributed by atoms with Crippen molar-refractivity contribution in [2.45, 2.75) is 67.5 Å². The summed E-state index contributed by atoms with van der Waals surface area (Å²) >= 11 is -0.826. The van der Waals surface area contributed by atoms with Crippen LogP contribution in [0, 0.1) is 27.7 Å². The topological polar surface area (TPSA) is 0 Å². The molecule has 8 aromatic rings. The molecule has 0 aliphatic heterocycles. The van der Waals surface area contributed by atoms with Gasteiger partial charge in [0.15, 0.2) is 0 Å². The van der Waals surface area contributed by atoms with Crippen LogP contribution in [-0.2, 0) is 33.7 Å². The number of hydrogen-bond acceptors (Lipinski definition) is 0. The van der Waals surface area contributed by atoms with Crippen LogP contribution in [0.4, 0.5) is 0 Å². The van der Waals surface area contributed by atoms with Crippen LogP contribution in [0.3, 0.4) is 0 Å². The Labute approximate surface area is 357 Å². The maximum atomic E-state index is 4.93. The van der Waals surface area contributed by atoms with Crippen LogP contribution in [0.1, 0.15) is 47.2 Å². The van der Waals surface area contributed by atoms with Gasteiger partial charge >= 0.3 is 37.9 Å². The van der Waals surface area contributed by atoms with Gasteiger partial charge in [-0.15, -0.1) is 56.9 Å². The second kappa shape index (κ2) is 21.1. The van der Waals surface area contributed by atoms with Gasteiger partial charge in [0.1, 0.15) is 0 Å². The predicted molar refractivity (Wildman–Crippen MR) is 248 cm³/mol. The van der Waals surface area contributed by atoms with Crippen molar-refractivity contribution in [1.29, 1.82) is 0 Å². The molecule has 4 heteroatoms. The van der Waals surface area contributed by atoms with Gasteiger partial charge in [0.2, 0.25) is 0 Å². The zero-order valence-corrected chi connectivity index (χ0v) is 39.0. The van der Waals surface area contributed by atoms with E-state index in [1.807, 2.05) is 0 Å². The van der Waals surface area contributed by atoms with E-state index in [1.165, 1.54) is 99.4 Å². The number of benzene rings is 6. The Morgan fingerprint density at radius 3 is 1.09 bits per heavy atom. The molecule has 8 rings (SSSR count). The molecule has 0 unspecified atom stereocenters. The summed E-state index contributed by atoms with van der Waals surface area (Å²) in [5.74, 6) is 0. The second-order valence-corrected chi connectivity index (χ2v) is 19.2. The van der Waals surface area contributed by atoms with Crippen molar-refractivity contribution in [2.24, 2.45) is 0 Å². The van der Waals surface area contributed by atoms with Crippen LogP contribution < -0.4 is 0 Å². The first-order valence-corrected chi connectivity index (χ1v) is 27.7. The van der Waals surface area contributed by atoms with Gasteiger partial charge in [-0.2, -0.15) is 12.1 Å². The molecule has 0 heterocycles. The number of fused-ring (bicyclic) bond motifs is 2. The molecule has 0 bridgehead atoms. The van der Waals surface area contributed by atoms with Crippen LogP contribution >= 0.6 is 17.0 Å². The Bertz CT molecular complexity index is 2260. The van der Waals surface area contributed by atoms with Gasteiger partial charge in [-0.1, -0.05) is 170 Å². The molecule has 0 amide bonds. The van der Waals surface area contributed by atoms with Crippen LogP contribution in [-0.4, -0.2) is 9.52 Å². The van der Waals surface area contributed by atoms with Crippen LogP contribution in [0.15, 0.2) is 146 Å². The van der Waals surface area contributed by atoms with Crippen LogP contribution in [0.2, 0.25) is 13.1 Å². The van der Waals surface area contributed by atoms with E-state index in [2.05, 4.69) is 200 Å². The van der Waals surface area contributed by atoms with Crippen molar-refractivity contribution in [2.75, 3.05) is 0 Å². The van der Waals surface area contributed by atoms with Gasteiger partial charge in [0, 0.05) is 9.52 Å². The van der Waals surface area contributed by atoms with E-state index >= 15 is 0 Å². The van der Waals surface area contributed by atoms with E-state index in [-0.39, 0.29) is 0 Å². The second-order valence-electron chi connectivity index (χ2n) is 14.5.